The van der Waals surface area contributed by atoms with E-state index in [1.807, 2.05) is 12.1 Å². The quantitative estimate of drug-likeness (QED) is 0.455. The standard InChI is InChI=1S/C29H30N4O2/c30-17-28(12-13-28)22-6-8-23(9-7-22)29-14-10-27(11-15-29,19-34-29)18-31-24-3-1-2-21(16-24)26-32-25(33-35-26)20-4-5-20/h1-3,6-9,16,20,31H,4-5,10-15,18-19H2. The molecule has 3 saturated carbocycles. The molecule has 8 rings (SSSR count). The summed E-state index contributed by atoms with van der Waals surface area (Å²) < 4.78 is 12.1. The number of anilines is 1. The molecule has 1 N–H and O–H groups in total. The fraction of sp³-hybridized carbons (Fsp3) is 0.483. The first-order valence-corrected chi connectivity index (χ1v) is 13.0. The van der Waals surface area contributed by atoms with Crippen LogP contribution in [0.4, 0.5) is 5.69 Å². The second kappa shape index (κ2) is 7.66. The van der Waals surface area contributed by atoms with Crippen LogP contribution in [0.2, 0.25) is 0 Å². The van der Waals surface area contributed by atoms with E-state index in [2.05, 4.69) is 57.9 Å². The van der Waals surface area contributed by atoms with Crippen LogP contribution < -0.4 is 5.32 Å². The molecule has 0 atom stereocenters. The lowest BCUT2D eigenvalue weighted by molar-refractivity contribution is -0.185. The van der Waals surface area contributed by atoms with E-state index < -0.39 is 0 Å². The highest BCUT2D eigenvalue weighted by Gasteiger charge is 2.51. The SMILES string of the molecule is N#CC1(c2ccc(C34CCC(CNc5cccc(-c6nc(C7CC7)no6)c5)(CC3)CO4)cc2)CC1. The predicted molar refractivity (Wildman–Crippen MR) is 132 cm³/mol. The Kier molecular flexibility index (Phi) is 4.63. The van der Waals surface area contributed by atoms with Gasteiger partial charge in [0.15, 0.2) is 5.82 Å². The Labute approximate surface area is 205 Å². The second-order valence-corrected chi connectivity index (χ2v) is 11.2. The summed E-state index contributed by atoms with van der Waals surface area (Å²) >= 11 is 0. The van der Waals surface area contributed by atoms with Gasteiger partial charge in [0.2, 0.25) is 0 Å². The van der Waals surface area contributed by atoms with Crippen molar-refractivity contribution >= 4 is 5.69 Å². The van der Waals surface area contributed by atoms with Gasteiger partial charge in [0.25, 0.3) is 5.89 Å². The van der Waals surface area contributed by atoms with Crippen molar-refractivity contribution in [1.82, 2.24) is 10.1 Å². The third-order valence-corrected chi connectivity index (χ3v) is 8.86. The summed E-state index contributed by atoms with van der Waals surface area (Å²) in [6.45, 7) is 1.67. The van der Waals surface area contributed by atoms with E-state index in [1.165, 1.54) is 18.4 Å². The van der Waals surface area contributed by atoms with Crippen molar-refractivity contribution in [2.24, 2.45) is 5.41 Å². The monoisotopic (exact) mass is 466 g/mol. The molecule has 3 heterocycles. The number of nitrogens with zero attached hydrogens (tertiary/aromatic N) is 3. The third kappa shape index (κ3) is 3.65. The summed E-state index contributed by atoms with van der Waals surface area (Å²) in [4.78, 5) is 4.59. The molecule has 5 fully saturated rings. The van der Waals surface area contributed by atoms with Crippen molar-refractivity contribution in [3.8, 4) is 17.5 Å². The van der Waals surface area contributed by atoms with Gasteiger partial charge in [0.05, 0.1) is 23.7 Å². The third-order valence-electron chi connectivity index (χ3n) is 8.86. The molecule has 5 aliphatic rings. The minimum atomic E-state index is -0.225. The Hall–Kier alpha value is -3.17. The molecular formula is C29H30N4O2. The fourth-order valence-corrected chi connectivity index (χ4v) is 5.96. The number of hydrogen-bond donors (Lipinski definition) is 1. The Morgan fingerprint density at radius 2 is 1.74 bits per heavy atom. The van der Waals surface area contributed by atoms with Gasteiger partial charge in [-0.05, 0) is 80.7 Å². The van der Waals surface area contributed by atoms with Crippen LogP contribution in [0.5, 0.6) is 0 Å². The van der Waals surface area contributed by atoms with Gasteiger partial charge in [0.1, 0.15) is 0 Å². The Morgan fingerprint density at radius 3 is 2.40 bits per heavy atom. The summed E-state index contributed by atoms with van der Waals surface area (Å²) in [5.74, 6) is 1.93. The maximum atomic E-state index is 9.50. The summed E-state index contributed by atoms with van der Waals surface area (Å²) in [5.41, 5.74) is 4.25. The number of fused-ring (bicyclic) bond motifs is 3. The van der Waals surface area contributed by atoms with Gasteiger partial charge in [-0.1, -0.05) is 35.5 Å². The van der Waals surface area contributed by atoms with Crippen molar-refractivity contribution in [1.29, 1.82) is 5.26 Å². The van der Waals surface area contributed by atoms with E-state index >= 15 is 0 Å². The lowest BCUT2D eigenvalue weighted by Crippen LogP contribution is -2.51. The second-order valence-electron chi connectivity index (χ2n) is 11.2. The number of ether oxygens (including phenoxy) is 1. The minimum Gasteiger partial charge on any atom is -0.384 e. The van der Waals surface area contributed by atoms with Crippen molar-refractivity contribution in [3.05, 3.63) is 65.5 Å². The van der Waals surface area contributed by atoms with Crippen molar-refractivity contribution in [3.63, 3.8) is 0 Å². The minimum absolute atomic E-state index is 0.166. The zero-order valence-electron chi connectivity index (χ0n) is 19.9. The lowest BCUT2D eigenvalue weighted by Gasteiger charge is -2.53. The van der Waals surface area contributed by atoms with Crippen LogP contribution in [0.3, 0.4) is 0 Å². The van der Waals surface area contributed by atoms with Crippen molar-refractivity contribution in [2.75, 3.05) is 18.5 Å². The van der Waals surface area contributed by atoms with E-state index in [4.69, 9.17) is 9.26 Å². The molecule has 6 nitrogen and oxygen atoms in total. The summed E-state index contributed by atoms with van der Waals surface area (Å²) in [7, 11) is 0. The number of hydrogen-bond acceptors (Lipinski definition) is 6. The largest absolute Gasteiger partial charge is 0.384 e. The van der Waals surface area contributed by atoms with E-state index in [0.29, 0.717) is 11.8 Å². The Balaban J connectivity index is 1.01. The molecule has 0 unspecified atom stereocenters. The molecule has 0 amide bonds. The first kappa shape index (κ1) is 21.1. The number of benzene rings is 2. The molecule has 2 aliphatic heterocycles. The number of nitriles is 1. The molecule has 1 aromatic heterocycles. The van der Waals surface area contributed by atoms with Crippen LogP contribution >= 0.6 is 0 Å². The van der Waals surface area contributed by atoms with Crippen LogP contribution in [0.25, 0.3) is 11.5 Å². The Morgan fingerprint density at radius 1 is 0.971 bits per heavy atom. The highest BCUT2D eigenvalue weighted by atomic mass is 16.5. The molecule has 35 heavy (non-hydrogen) atoms. The van der Waals surface area contributed by atoms with Crippen molar-refractivity contribution in [2.45, 2.75) is 68.3 Å². The van der Waals surface area contributed by atoms with Crippen LogP contribution in [0.15, 0.2) is 53.1 Å². The molecule has 0 spiro atoms. The van der Waals surface area contributed by atoms with E-state index in [9.17, 15) is 5.26 Å². The Bertz CT molecular complexity index is 1270. The van der Waals surface area contributed by atoms with Gasteiger partial charge in [-0.25, -0.2) is 0 Å². The highest BCUT2D eigenvalue weighted by molar-refractivity contribution is 5.61. The zero-order chi connectivity index (χ0) is 23.5. The molecule has 2 saturated heterocycles. The lowest BCUT2D eigenvalue weighted by atomic mass is 9.64. The van der Waals surface area contributed by atoms with E-state index in [0.717, 1.165) is 74.3 Å². The van der Waals surface area contributed by atoms with Gasteiger partial charge in [0, 0.05) is 29.1 Å². The number of rotatable bonds is 7. The average molecular weight is 467 g/mol. The van der Waals surface area contributed by atoms with Crippen LogP contribution in [0.1, 0.15) is 74.2 Å². The predicted octanol–water partition coefficient (Wildman–Crippen LogP) is 6.07. The molecule has 3 aromatic rings. The normalized spacial score (nSPS) is 28.4. The van der Waals surface area contributed by atoms with Gasteiger partial charge in [-0.2, -0.15) is 10.2 Å². The smallest absolute Gasteiger partial charge is 0.258 e. The van der Waals surface area contributed by atoms with E-state index in [1.54, 1.807) is 0 Å². The summed E-state index contributed by atoms with van der Waals surface area (Å²) in [6, 6.07) is 19.5. The first-order chi connectivity index (χ1) is 17.1. The molecular weight excluding hydrogens is 436 g/mol. The van der Waals surface area contributed by atoms with E-state index in [-0.39, 0.29) is 16.4 Å². The maximum absolute atomic E-state index is 9.50. The topological polar surface area (TPSA) is 84.0 Å². The van der Waals surface area contributed by atoms with Crippen LogP contribution in [-0.4, -0.2) is 23.3 Å². The molecule has 2 aromatic carbocycles. The van der Waals surface area contributed by atoms with Gasteiger partial charge >= 0.3 is 0 Å². The van der Waals surface area contributed by atoms with Crippen LogP contribution in [-0.2, 0) is 15.8 Å². The van der Waals surface area contributed by atoms with Crippen LogP contribution in [0, 0.1) is 16.7 Å². The molecule has 178 valence electrons. The highest BCUT2D eigenvalue weighted by Crippen LogP contribution is 2.54. The molecule has 3 aliphatic carbocycles. The number of aromatic nitrogens is 2. The molecule has 0 radical (unpaired) electrons. The molecule has 6 heteroatoms. The fourth-order valence-electron chi connectivity index (χ4n) is 5.96. The number of nitrogens with one attached hydrogen (secondary N) is 1. The van der Waals surface area contributed by atoms with Crippen molar-refractivity contribution < 1.29 is 9.26 Å². The molecule has 2 bridgehead atoms. The van der Waals surface area contributed by atoms with Gasteiger partial charge in [-0.15, -0.1) is 0 Å². The maximum Gasteiger partial charge on any atom is 0.258 e. The summed E-state index contributed by atoms with van der Waals surface area (Å²) in [5, 5.41) is 17.3. The average Bonchev–Trinajstić information content (AvgIpc) is 3.87. The zero-order valence-corrected chi connectivity index (χ0v) is 19.9. The van der Waals surface area contributed by atoms with Gasteiger partial charge in [-0.3, -0.25) is 0 Å². The van der Waals surface area contributed by atoms with Gasteiger partial charge < -0.3 is 14.6 Å². The first-order valence-electron chi connectivity index (χ1n) is 13.0. The summed E-state index contributed by atoms with van der Waals surface area (Å²) in [6.07, 6.45) is 8.69.